The van der Waals surface area contributed by atoms with Crippen LogP contribution in [0.5, 0.6) is 5.75 Å². The molecule has 22 heavy (non-hydrogen) atoms. The van der Waals surface area contributed by atoms with E-state index >= 15 is 0 Å². The number of amides is 2. The molecular weight excluding hydrogens is 355 g/mol. The fourth-order valence-corrected chi connectivity index (χ4v) is 2.55. The number of ether oxygens (including phenoxy) is 1. The number of halogens is 2. The lowest BCUT2D eigenvalue weighted by atomic mass is 10.1. The molecule has 0 aliphatic carbocycles. The Kier molecular flexibility index (Phi) is 6.18. The summed E-state index contributed by atoms with van der Waals surface area (Å²) in [6.07, 6.45) is 3.15. The molecule has 0 atom stereocenters. The van der Waals surface area contributed by atoms with Gasteiger partial charge < -0.3 is 15.0 Å². The molecule has 0 radical (unpaired) electrons. The Bertz CT molecular complexity index is 548. The van der Waals surface area contributed by atoms with Crippen molar-refractivity contribution in [3.05, 3.63) is 28.5 Å². The molecule has 2 rings (SSSR count). The third kappa shape index (κ3) is 4.98. The van der Waals surface area contributed by atoms with Crippen LogP contribution < -0.4 is 10.1 Å². The monoisotopic (exact) mass is 372 g/mol. The van der Waals surface area contributed by atoms with Crippen LogP contribution in [0.25, 0.3) is 0 Å². The second kappa shape index (κ2) is 8.12. The van der Waals surface area contributed by atoms with Gasteiger partial charge in [0.05, 0.1) is 6.54 Å². The first-order chi connectivity index (χ1) is 10.6. The van der Waals surface area contributed by atoms with Crippen molar-refractivity contribution in [2.24, 2.45) is 0 Å². The number of benzene rings is 1. The van der Waals surface area contributed by atoms with Crippen molar-refractivity contribution in [3.8, 4) is 5.75 Å². The van der Waals surface area contributed by atoms with E-state index in [0.29, 0.717) is 4.47 Å². The fraction of sp³-hybridized carbons (Fsp3) is 0.467. The van der Waals surface area contributed by atoms with Gasteiger partial charge in [-0.1, -0.05) is 15.9 Å². The number of hydrogen-bond donors (Lipinski definition) is 1. The molecule has 1 aromatic rings. The molecule has 120 valence electrons. The average molecular weight is 373 g/mol. The van der Waals surface area contributed by atoms with Crippen LogP contribution in [0.3, 0.4) is 0 Å². The standard InChI is InChI=1S/C15H18BrFN2O3/c16-11-4-5-13(12(17)8-11)22-10-14(20)18-9-15(21)19-6-2-1-3-7-19/h4-5,8H,1-3,6-7,9-10H2,(H,18,20). The van der Waals surface area contributed by atoms with Crippen molar-refractivity contribution in [3.63, 3.8) is 0 Å². The smallest absolute Gasteiger partial charge is 0.258 e. The number of carbonyl (C=O) groups is 2. The number of rotatable bonds is 5. The van der Waals surface area contributed by atoms with E-state index in [0.717, 1.165) is 32.4 Å². The summed E-state index contributed by atoms with van der Waals surface area (Å²) in [6.45, 7) is 1.11. The van der Waals surface area contributed by atoms with E-state index in [9.17, 15) is 14.0 Å². The SMILES string of the molecule is O=C(COc1ccc(Br)cc1F)NCC(=O)N1CCCCC1. The zero-order valence-electron chi connectivity index (χ0n) is 12.1. The van der Waals surface area contributed by atoms with Gasteiger partial charge >= 0.3 is 0 Å². The van der Waals surface area contributed by atoms with Crippen molar-refractivity contribution in [1.29, 1.82) is 0 Å². The Labute approximate surface area is 136 Å². The van der Waals surface area contributed by atoms with Crippen molar-refractivity contribution in [1.82, 2.24) is 10.2 Å². The van der Waals surface area contributed by atoms with E-state index in [1.54, 1.807) is 11.0 Å². The molecule has 0 bridgehead atoms. The summed E-state index contributed by atoms with van der Waals surface area (Å²) in [5.74, 6) is -1.09. The summed E-state index contributed by atoms with van der Waals surface area (Å²) in [5.41, 5.74) is 0. The van der Waals surface area contributed by atoms with Gasteiger partial charge in [-0.2, -0.15) is 0 Å². The molecule has 7 heteroatoms. The zero-order chi connectivity index (χ0) is 15.9. The average Bonchev–Trinajstić information content (AvgIpc) is 2.52. The molecule has 1 aliphatic rings. The molecule has 1 N–H and O–H groups in total. The molecule has 1 fully saturated rings. The highest BCUT2D eigenvalue weighted by Gasteiger charge is 2.17. The maximum atomic E-state index is 13.5. The highest BCUT2D eigenvalue weighted by Crippen LogP contribution is 2.21. The van der Waals surface area contributed by atoms with Gasteiger partial charge in [0.25, 0.3) is 5.91 Å². The molecule has 0 spiro atoms. The molecule has 1 aliphatic heterocycles. The van der Waals surface area contributed by atoms with Gasteiger partial charge in [-0.3, -0.25) is 9.59 Å². The highest BCUT2D eigenvalue weighted by atomic mass is 79.9. The Balaban J connectivity index is 1.72. The van der Waals surface area contributed by atoms with Gasteiger partial charge in [0.2, 0.25) is 5.91 Å². The van der Waals surface area contributed by atoms with Crippen LogP contribution in [0, 0.1) is 5.82 Å². The lowest BCUT2D eigenvalue weighted by Crippen LogP contribution is -2.43. The van der Waals surface area contributed by atoms with Crippen LogP contribution >= 0.6 is 15.9 Å². The van der Waals surface area contributed by atoms with E-state index in [1.807, 2.05) is 0 Å². The highest BCUT2D eigenvalue weighted by molar-refractivity contribution is 9.10. The molecule has 1 heterocycles. The Hall–Kier alpha value is -1.63. The summed E-state index contributed by atoms with van der Waals surface area (Å²) in [4.78, 5) is 25.3. The molecule has 5 nitrogen and oxygen atoms in total. The van der Waals surface area contributed by atoms with Crippen LogP contribution in [0.4, 0.5) is 4.39 Å². The fourth-order valence-electron chi connectivity index (χ4n) is 2.22. The van der Waals surface area contributed by atoms with Crippen LogP contribution in [-0.2, 0) is 9.59 Å². The Morgan fingerprint density at radius 2 is 2.00 bits per heavy atom. The van der Waals surface area contributed by atoms with Crippen molar-refractivity contribution >= 4 is 27.7 Å². The lowest BCUT2D eigenvalue weighted by molar-refractivity contribution is -0.134. The van der Waals surface area contributed by atoms with Gasteiger partial charge in [0, 0.05) is 17.6 Å². The summed E-state index contributed by atoms with van der Waals surface area (Å²) < 4.78 is 19.2. The number of likely N-dealkylation sites (tertiary alicyclic amines) is 1. The van der Waals surface area contributed by atoms with Gasteiger partial charge in [-0.25, -0.2) is 4.39 Å². The van der Waals surface area contributed by atoms with Crippen LogP contribution in [0.2, 0.25) is 0 Å². The summed E-state index contributed by atoms with van der Waals surface area (Å²) >= 11 is 3.14. The number of nitrogens with zero attached hydrogens (tertiary/aromatic N) is 1. The van der Waals surface area contributed by atoms with Gasteiger partial charge in [0.1, 0.15) is 0 Å². The number of piperidine rings is 1. The normalized spacial score (nSPS) is 14.5. The Morgan fingerprint density at radius 1 is 1.27 bits per heavy atom. The van der Waals surface area contributed by atoms with E-state index in [-0.39, 0.29) is 24.8 Å². The lowest BCUT2D eigenvalue weighted by Gasteiger charge is -2.26. The van der Waals surface area contributed by atoms with Gasteiger partial charge in [-0.05, 0) is 37.5 Å². The molecule has 0 aromatic heterocycles. The largest absolute Gasteiger partial charge is 0.481 e. The van der Waals surface area contributed by atoms with Crippen LogP contribution in [0.15, 0.2) is 22.7 Å². The van der Waals surface area contributed by atoms with Crippen LogP contribution in [-0.4, -0.2) is 43.0 Å². The van der Waals surface area contributed by atoms with Gasteiger partial charge in [0.15, 0.2) is 18.2 Å². The minimum absolute atomic E-state index is 0.000655. The van der Waals surface area contributed by atoms with E-state index in [2.05, 4.69) is 21.2 Å². The van der Waals surface area contributed by atoms with E-state index < -0.39 is 11.7 Å². The third-order valence-electron chi connectivity index (χ3n) is 3.40. The molecule has 1 saturated heterocycles. The molecule has 0 unspecified atom stereocenters. The zero-order valence-corrected chi connectivity index (χ0v) is 13.7. The predicted molar refractivity (Wildman–Crippen MR) is 83.0 cm³/mol. The van der Waals surface area contributed by atoms with E-state index in [4.69, 9.17) is 4.74 Å². The van der Waals surface area contributed by atoms with Gasteiger partial charge in [-0.15, -0.1) is 0 Å². The van der Waals surface area contributed by atoms with Crippen molar-refractivity contribution in [2.45, 2.75) is 19.3 Å². The Morgan fingerprint density at radius 3 is 2.68 bits per heavy atom. The first-order valence-electron chi connectivity index (χ1n) is 7.18. The van der Waals surface area contributed by atoms with Crippen molar-refractivity contribution < 1.29 is 18.7 Å². The topological polar surface area (TPSA) is 58.6 Å². The second-order valence-corrected chi connectivity index (χ2v) is 6.00. The number of hydrogen-bond acceptors (Lipinski definition) is 3. The van der Waals surface area contributed by atoms with E-state index in [1.165, 1.54) is 12.1 Å². The number of carbonyl (C=O) groups excluding carboxylic acids is 2. The summed E-state index contributed by atoms with van der Waals surface area (Å²) in [6, 6.07) is 4.31. The molecule has 2 amide bonds. The third-order valence-corrected chi connectivity index (χ3v) is 3.89. The first kappa shape index (κ1) is 16.7. The summed E-state index contributed by atoms with van der Waals surface area (Å²) in [5, 5.41) is 2.49. The maximum Gasteiger partial charge on any atom is 0.258 e. The first-order valence-corrected chi connectivity index (χ1v) is 7.98. The molecule has 1 aromatic carbocycles. The minimum atomic E-state index is -0.549. The number of nitrogens with one attached hydrogen (secondary N) is 1. The second-order valence-electron chi connectivity index (χ2n) is 5.08. The minimum Gasteiger partial charge on any atom is -0.481 e. The quantitative estimate of drug-likeness (QED) is 0.860. The van der Waals surface area contributed by atoms with Crippen molar-refractivity contribution in [2.75, 3.05) is 26.2 Å². The maximum absolute atomic E-state index is 13.5. The summed E-state index contributed by atoms with van der Waals surface area (Å²) in [7, 11) is 0. The predicted octanol–water partition coefficient (Wildman–Crippen LogP) is 2.10. The van der Waals surface area contributed by atoms with Crippen LogP contribution in [0.1, 0.15) is 19.3 Å². The molecular formula is C15H18BrFN2O3. The molecule has 0 saturated carbocycles.